The van der Waals surface area contributed by atoms with Gasteiger partial charge in [0.2, 0.25) is 0 Å². The van der Waals surface area contributed by atoms with Crippen molar-refractivity contribution < 1.29 is 33.4 Å². The summed E-state index contributed by atoms with van der Waals surface area (Å²) in [5.74, 6) is 1.38. The minimum absolute atomic E-state index is 0.190. The molecule has 0 aromatic heterocycles. The quantitative estimate of drug-likeness (QED) is 0.190. The van der Waals surface area contributed by atoms with Gasteiger partial charge in [-0.15, -0.1) is 0 Å². The number of nitrogens with two attached hydrogens (primary N) is 1. The molecule has 7 aliphatic rings. The predicted molar refractivity (Wildman–Crippen MR) is 278 cm³/mol. The fraction of sp³-hybridized carbons (Fsp3) is 0.533. The summed E-state index contributed by atoms with van der Waals surface area (Å²) in [5.41, 5.74) is 8.78. The lowest BCUT2D eigenvalue weighted by molar-refractivity contribution is -0.140. The molecule has 4 atom stereocenters. The third-order valence-corrected chi connectivity index (χ3v) is 16.4. The molecule has 3 aliphatic heterocycles. The molecule has 4 aromatic carbocycles. The third-order valence-electron chi connectivity index (χ3n) is 16.4. The van der Waals surface area contributed by atoms with Gasteiger partial charge in [-0.05, 0) is 73.6 Å². The first-order valence-corrected chi connectivity index (χ1v) is 26.9. The van der Waals surface area contributed by atoms with Gasteiger partial charge < -0.3 is 19.9 Å². The van der Waals surface area contributed by atoms with Crippen LogP contribution in [-0.4, -0.2) is 117 Å². The topological polar surface area (TPSA) is 132 Å². The van der Waals surface area contributed by atoms with Crippen LogP contribution >= 0.6 is 0 Å². The molecule has 380 valence electrons. The lowest BCUT2D eigenvalue weighted by Crippen LogP contribution is -2.57. The zero-order valence-electron chi connectivity index (χ0n) is 42.1. The van der Waals surface area contributed by atoms with Crippen LogP contribution in [0.1, 0.15) is 125 Å². The largest absolute Gasteiger partial charge is 0.379 e. The first-order valence-electron chi connectivity index (χ1n) is 26.9. The Bertz CT molecular complexity index is 2100. The van der Waals surface area contributed by atoms with E-state index in [0.717, 1.165) is 162 Å². The van der Waals surface area contributed by atoms with Crippen LogP contribution in [-0.2, 0) is 55.5 Å². The summed E-state index contributed by atoms with van der Waals surface area (Å²) in [6, 6.07) is 40.7. The van der Waals surface area contributed by atoms with Gasteiger partial charge in [0.1, 0.15) is 22.2 Å². The van der Waals surface area contributed by atoms with Crippen LogP contribution in [0.3, 0.4) is 0 Å². The summed E-state index contributed by atoms with van der Waals surface area (Å²) >= 11 is 0. The van der Waals surface area contributed by atoms with Crippen molar-refractivity contribution in [2.45, 2.75) is 125 Å². The van der Waals surface area contributed by atoms with Crippen LogP contribution in [0.15, 0.2) is 121 Å². The van der Waals surface area contributed by atoms with E-state index in [1.165, 1.54) is 16.7 Å². The molecule has 0 bridgehead atoms. The van der Waals surface area contributed by atoms with Crippen LogP contribution in [0, 0.1) is 0 Å². The maximum Gasteiger partial charge on any atom is 0.157 e. The summed E-state index contributed by atoms with van der Waals surface area (Å²) < 4.78 is 16.4. The number of carbonyl (C=O) groups excluding carboxylic acids is 4. The molecule has 2 N–H and O–H groups in total. The monoisotopic (exact) mass is 967 g/mol. The number of ketones is 4. The highest BCUT2D eigenvalue weighted by Gasteiger charge is 2.49. The molecular formula is C60H78N4O7. The Hall–Kier alpha value is -4.72. The molecule has 7 fully saturated rings. The number of hydrogen-bond donors (Lipinski definition) is 1. The van der Waals surface area contributed by atoms with Gasteiger partial charge in [0, 0.05) is 65.0 Å². The first kappa shape index (κ1) is 52.6. The van der Waals surface area contributed by atoms with Gasteiger partial charge in [-0.1, -0.05) is 147 Å². The van der Waals surface area contributed by atoms with Crippen molar-refractivity contribution in [1.82, 2.24) is 14.7 Å². The number of morpholine rings is 3. The minimum atomic E-state index is -0.709. The minimum Gasteiger partial charge on any atom is -0.379 e. The summed E-state index contributed by atoms with van der Waals surface area (Å²) in [6.07, 6.45) is 15.0. The molecule has 11 heteroatoms. The van der Waals surface area contributed by atoms with Crippen LogP contribution in [0.4, 0.5) is 0 Å². The van der Waals surface area contributed by atoms with Crippen LogP contribution < -0.4 is 5.73 Å². The van der Waals surface area contributed by atoms with Crippen molar-refractivity contribution in [3.8, 4) is 0 Å². The van der Waals surface area contributed by atoms with Crippen LogP contribution in [0.2, 0.25) is 0 Å². The van der Waals surface area contributed by atoms with Crippen molar-refractivity contribution in [2.75, 3.05) is 78.9 Å². The maximum absolute atomic E-state index is 12.7. The van der Waals surface area contributed by atoms with E-state index in [4.69, 9.17) is 19.9 Å². The molecule has 4 saturated carbocycles. The fourth-order valence-corrected chi connectivity index (χ4v) is 12.6. The second-order valence-electron chi connectivity index (χ2n) is 20.3. The summed E-state index contributed by atoms with van der Waals surface area (Å²) in [5, 5.41) is 0. The highest BCUT2D eigenvalue weighted by molar-refractivity contribution is 5.92. The summed E-state index contributed by atoms with van der Waals surface area (Å²) in [4.78, 5) is 57.1. The van der Waals surface area contributed by atoms with Gasteiger partial charge in [-0.3, -0.25) is 33.9 Å². The Morgan fingerprint density at radius 1 is 0.324 bits per heavy atom. The molecule has 4 aromatic rings. The van der Waals surface area contributed by atoms with Gasteiger partial charge in [0.05, 0.1) is 39.6 Å². The number of benzene rings is 4. The summed E-state index contributed by atoms with van der Waals surface area (Å²) in [7, 11) is 0. The Labute approximate surface area is 422 Å². The lowest BCUT2D eigenvalue weighted by atomic mass is 9.74. The molecule has 3 heterocycles. The molecule has 0 spiro atoms. The van der Waals surface area contributed by atoms with Gasteiger partial charge in [0.25, 0.3) is 0 Å². The number of nitrogens with zero attached hydrogens (tertiary/aromatic N) is 3. The fourth-order valence-electron chi connectivity index (χ4n) is 12.6. The second kappa shape index (κ2) is 25.3. The van der Waals surface area contributed by atoms with E-state index >= 15 is 0 Å². The highest BCUT2D eigenvalue weighted by Crippen LogP contribution is 2.43. The zero-order chi connectivity index (χ0) is 49.4. The number of Topliss-reactive ketones (excluding diaryl/α,β-unsaturated/α-hetero) is 4. The zero-order valence-corrected chi connectivity index (χ0v) is 42.1. The average Bonchev–Trinajstić information content (AvgIpc) is 3.44. The number of rotatable bonds is 7. The van der Waals surface area contributed by atoms with E-state index in [2.05, 4.69) is 51.1 Å². The highest BCUT2D eigenvalue weighted by atomic mass is 16.5. The van der Waals surface area contributed by atoms with E-state index in [9.17, 15) is 19.2 Å². The molecule has 0 amide bonds. The van der Waals surface area contributed by atoms with Gasteiger partial charge in [-0.2, -0.15) is 0 Å². The Morgan fingerprint density at radius 2 is 0.577 bits per heavy atom. The van der Waals surface area contributed by atoms with E-state index in [0.29, 0.717) is 43.0 Å². The first-order chi connectivity index (χ1) is 34.7. The molecular weight excluding hydrogens is 889 g/mol. The van der Waals surface area contributed by atoms with Crippen LogP contribution in [0.25, 0.3) is 0 Å². The molecule has 71 heavy (non-hydrogen) atoms. The van der Waals surface area contributed by atoms with E-state index in [1.54, 1.807) is 0 Å². The third kappa shape index (κ3) is 11.7. The van der Waals surface area contributed by atoms with Crippen LogP contribution in [0.5, 0.6) is 0 Å². The van der Waals surface area contributed by atoms with Crippen molar-refractivity contribution in [1.29, 1.82) is 0 Å². The molecule has 0 radical (unpaired) electrons. The van der Waals surface area contributed by atoms with Crippen molar-refractivity contribution in [3.05, 3.63) is 144 Å². The molecule has 11 nitrogen and oxygen atoms in total. The van der Waals surface area contributed by atoms with Gasteiger partial charge >= 0.3 is 0 Å². The molecule has 4 aliphatic carbocycles. The van der Waals surface area contributed by atoms with E-state index in [-0.39, 0.29) is 22.4 Å². The SMILES string of the molecule is NC1(c2ccccc2)CCCCC1=O.O=C1CCCCC1(c1ccccc1)N1CCOCC1.O=C1CCCC[C@@]1(c1ccccc1)N1CCOCC1.O=C1CCCC[C@]1(c1ccccc1)N1CCOCC1. The molecule has 11 rings (SSSR count). The van der Waals surface area contributed by atoms with Crippen molar-refractivity contribution in [3.63, 3.8) is 0 Å². The van der Waals surface area contributed by atoms with Crippen molar-refractivity contribution >= 4 is 23.1 Å². The predicted octanol–water partition coefficient (Wildman–Crippen LogP) is 9.06. The standard InChI is InChI=1S/3C16H21NO2.C12H15NO/c3*18-15-8-4-5-9-16(15,14-6-2-1-3-7-14)17-10-12-19-13-11-17;13-12(9-5-4-8-11(12)14)10-6-2-1-3-7-10/h3*1-3,6-7H,4-5,8-13H2;1-3,6-7H,4-5,8-9,13H2/t2*16-;;/m10../s1. The normalized spacial score (nSPS) is 29.0. The number of hydrogen-bond acceptors (Lipinski definition) is 11. The average molecular weight is 967 g/mol. The summed E-state index contributed by atoms with van der Waals surface area (Å²) in [6.45, 7) is 9.60. The van der Waals surface area contributed by atoms with E-state index < -0.39 is 5.54 Å². The van der Waals surface area contributed by atoms with Gasteiger partial charge in [0.15, 0.2) is 23.1 Å². The molecule has 3 saturated heterocycles. The Balaban J connectivity index is 0.000000128. The lowest BCUT2D eigenvalue weighted by Gasteiger charge is -2.47. The smallest absolute Gasteiger partial charge is 0.157 e. The van der Waals surface area contributed by atoms with E-state index in [1.807, 2.05) is 84.9 Å². The number of carbonyl (C=O) groups is 4. The molecule has 2 unspecified atom stereocenters. The van der Waals surface area contributed by atoms with Crippen molar-refractivity contribution in [2.24, 2.45) is 5.73 Å². The Morgan fingerprint density at radius 3 is 0.845 bits per heavy atom. The Kier molecular flexibility index (Phi) is 18.7. The maximum atomic E-state index is 12.7. The van der Waals surface area contributed by atoms with Gasteiger partial charge in [-0.25, -0.2) is 0 Å². The second-order valence-corrected chi connectivity index (χ2v) is 20.3. The number of ether oxygens (including phenoxy) is 3.